The molecule has 2 unspecified atom stereocenters. The molecule has 1 saturated heterocycles. The van der Waals surface area contributed by atoms with Crippen molar-refractivity contribution in [1.82, 2.24) is 5.32 Å². The number of allylic oxidation sites excluding steroid dienone is 4. The number of carbonyl (C=O) groups is 1. The van der Waals surface area contributed by atoms with Gasteiger partial charge in [0.15, 0.2) is 0 Å². The monoisotopic (exact) mass is 358 g/mol. The topological polar surface area (TPSA) is 91.0 Å². The molecule has 1 fully saturated rings. The lowest BCUT2D eigenvalue weighted by Crippen LogP contribution is -2.36. The molecule has 1 heterocycles. The molecule has 1 aromatic rings. The Labute approximate surface area is 150 Å². The van der Waals surface area contributed by atoms with E-state index >= 15 is 0 Å². The molecule has 0 aromatic heterocycles. The van der Waals surface area contributed by atoms with E-state index in [1.807, 2.05) is 0 Å². The smallest absolute Gasteiger partial charge is 0.250 e. The van der Waals surface area contributed by atoms with E-state index in [1.165, 1.54) is 18.3 Å². The van der Waals surface area contributed by atoms with Crippen molar-refractivity contribution in [2.45, 2.75) is 18.5 Å². The van der Waals surface area contributed by atoms with Crippen LogP contribution in [-0.2, 0) is 4.79 Å². The number of rotatable bonds is 4. The summed E-state index contributed by atoms with van der Waals surface area (Å²) >= 11 is 0. The van der Waals surface area contributed by atoms with Gasteiger partial charge in [0.1, 0.15) is 12.0 Å². The van der Waals surface area contributed by atoms with E-state index in [1.54, 1.807) is 24.3 Å². The molecule has 1 aliphatic heterocycles. The normalized spacial score (nSPS) is 24.5. The summed E-state index contributed by atoms with van der Waals surface area (Å²) in [6.45, 7) is 0.866. The highest BCUT2D eigenvalue weighted by Crippen LogP contribution is 2.28. The number of primary amides is 1. The summed E-state index contributed by atoms with van der Waals surface area (Å²) in [5.74, 6) is -1.27. The highest BCUT2D eigenvalue weighted by molar-refractivity contribution is 6.28. The quantitative estimate of drug-likeness (QED) is 0.667. The number of carbonyl (C=O) groups excluding carboxylic acids is 1. The molecule has 1 aromatic carbocycles. The molecule has 5 nitrogen and oxygen atoms in total. The van der Waals surface area contributed by atoms with Crippen LogP contribution in [0.3, 0.4) is 0 Å². The molecule has 0 radical (unpaired) electrons. The summed E-state index contributed by atoms with van der Waals surface area (Å²) in [6, 6.07) is 4.70. The Bertz CT molecular complexity index is 829. The van der Waals surface area contributed by atoms with Gasteiger partial charge in [-0.15, -0.1) is 0 Å². The summed E-state index contributed by atoms with van der Waals surface area (Å²) in [7, 11) is 0. The lowest BCUT2D eigenvalue weighted by atomic mass is 9.90. The minimum atomic E-state index is -0.965. The van der Waals surface area contributed by atoms with E-state index in [9.17, 15) is 13.6 Å². The SMILES string of the molecule is N=C1C(C(N)=O)=CC=C/C1=C/Nc1ccc(C2CNCC(F)C2)c(F)c1. The summed E-state index contributed by atoms with van der Waals surface area (Å²) in [4.78, 5) is 11.3. The first-order chi connectivity index (χ1) is 12.5. The number of hydrogen-bond donors (Lipinski definition) is 4. The van der Waals surface area contributed by atoms with Gasteiger partial charge in [0.2, 0.25) is 0 Å². The number of nitrogens with one attached hydrogen (secondary N) is 3. The van der Waals surface area contributed by atoms with E-state index in [4.69, 9.17) is 11.1 Å². The minimum Gasteiger partial charge on any atom is -0.366 e. The molecule has 0 bridgehead atoms. The van der Waals surface area contributed by atoms with E-state index in [2.05, 4.69) is 10.6 Å². The molecular formula is C19H20F2N4O. The Kier molecular flexibility index (Phi) is 5.27. The van der Waals surface area contributed by atoms with Crippen LogP contribution in [0.5, 0.6) is 0 Å². The standard InChI is InChI=1S/C19H20F2N4O/c20-13-6-12(8-24-10-13)15-5-4-14(7-17(15)21)25-9-11-2-1-3-16(18(11)22)19(23)26/h1-5,7,9,12-13,22,24-25H,6,8,10H2,(H2,23,26)/b11-9-,22-18?. The van der Waals surface area contributed by atoms with Gasteiger partial charge in [-0.3, -0.25) is 10.2 Å². The fourth-order valence-corrected chi connectivity index (χ4v) is 3.13. The predicted octanol–water partition coefficient (Wildman–Crippen LogP) is 2.54. The third kappa shape index (κ3) is 3.88. The fraction of sp³-hybridized carbons (Fsp3) is 0.263. The van der Waals surface area contributed by atoms with E-state index in [0.29, 0.717) is 36.3 Å². The minimum absolute atomic E-state index is 0.00635. The Morgan fingerprint density at radius 2 is 2.19 bits per heavy atom. The van der Waals surface area contributed by atoms with Gasteiger partial charge in [-0.1, -0.05) is 18.2 Å². The van der Waals surface area contributed by atoms with E-state index in [-0.39, 0.29) is 17.2 Å². The van der Waals surface area contributed by atoms with Gasteiger partial charge in [0, 0.05) is 36.5 Å². The molecule has 2 atom stereocenters. The van der Waals surface area contributed by atoms with Crippen LogP contribution >= 0.6 is 0 Å². The van der Waals surface area contributed by atoms with Crippen molar-refractivity contribution < 1.29 is 13.6 Å². The maximum absolute atomic E-state index is 14.4. The zero-order valence-corrected chi connectivity index (χ0v) is 14.1. The van der Waals surface area contributed by atoms with Crippen LogP contribution < -0.4 is 16.4 Å². The Balaban J connectivity index is 1.72. The molecular weight excluding hydrogens is 338 g/mol. The van der Waals surface area contributed by atoms with Crippen molar-refractivity contribution in [3.63, 3.8) is 0 Å². The second-order valence-corrected chi connectivity index (χ2v) is 6.35. The summed E-state index contributed by atoms with van der Waals surface area (Å²) in [6.07, 6.45) is 5.62. The number of hydrogen-bond acceptors (Lipinski definition) is 4. The molecule has 26 heavy (non-hydrogen) atoms. The van der Waals surface area contributed by atoms with Crippen LogP contribution in [0, 0.1) is 11.2 Å². The highest BCUT2D eigenvalue weighted by Gasteiger charge is 2.24. The average Bonchev–Trinajstić information content (AvgIpc) is 2.60. The average molecular weight is 358 g/mol. The Morgan fingerprint density at radius 3 is 2.88 bits per heavy atom. The van der Waals surface area contributed by atoms with Gasteiger partial charge >= 0.3 is 0 Å². The maximum Gasteiger partial charge on any atom is 0.250 e. The zero-order chi connectivity index (χ0) is 18.7. The van der Waals surface area contributed by atoms with Crippen molar-refractivity contribution in [2.75, 3.05) is 18.4 Å². The first-order valence-electron chi connectivity index (χ1n) is 8.34. The molecule has 3 rings (SSSR count). The Morgan fingerprint density at radius 1 is 1.38 bits per heavy atom. The number of piperidine rings is 1. The van der Waals surface area contributed by atoms with Crippen LogP contribution in [0.25, 0.3) is 0 Å². The van der Waals surface area contributed by atoms with Crippen molar-refractivity contribution in [1.29, 1.82) is 5.41 Å². The van der Waals surface area contributed by atoms with Crippen LogP contribution in [0.4, 0.5) is 14.5 Å². The Hall–Kier alpha value is -2.80. The van der Waals surface area contributed by atoms with Crippen LogP contribution in [0.1, 0.15) is 17.9 Å². The molecule has 2 aliphatic rings. The van der Waals surface area contributed by atoms with E-state index in [0.717, 1.165) is 0 Å². The molecule has 0 saturated carbocycles. The third-order valence-electron chi connectivity index (χ3n) is 4.49. The zero-order valence-electron chi connectivity index (χ0n) is 14.1. The second-order valence-electron chi connectivity index (χ2n) is 6.35. The number of anilines is 1. The van der Waals surface area contributed by atoms with Crippen molar-refractivity contribution in [3.8, 4) is 0 Å². The summed E-state index contributed by atoms with van der Waals surface area (Å²) in [5.41, 5.74) is 6.80. The first kappa shape index (κ1) is 18.0. The number of alkyl halides is 1. The van der Waals surface area contributed by atoms with Gasteiger partial charge in [-0.25, -0.2) is 8.78 Å². The number of halogens is 2. The van der Waals surface area contributed by atoms with Crippen molar-refractivity contribution in [2.24, 2.45) is 5.73 Å². The summed E-state index contributed by atoms with van der Waals surface area (Å²) < 4.78 is 27.9. The highest BCUT2D eigenvalue weighted by atomic mass is 19.1. The van der Waals surface area contributed by atoms with E-state index < -0.39 is 17.9 Å². The van der Waals surface area contributed by atoms with Crippen molar-refractivity contribution >= 4 is 17.3 Å². The lowest BCUT2D eigenvalue weighted by Gasteiger charge is -2.26. The lowest BCUT2D eigenvalue weighted by molar-refractivity contribution is -0.114. The van der Waals surface area contributed by atoms with Crippen LogP contribution in [0.2, 0.25) is 0 Å². The molecule has 1 aliphatic carbocycles. The van der Waals surface area contributed by atoms with Crippen LogP contribution in [-0.4, -0.2) is 30.9 Å². The van der Waals surface area contributed by atoms with Gasteiger partial charge in [-0.05, 0) is 30.2 Å². The summed E-state index contributed by atoms with van der Waals surface area (Å²) in [5, 5.41) is 13.9. The van der Waals surface area contributed by atoms with Gasteiger partial charge in [0.25, 0.3) is 5.91 Å². The predicted molar refractivity (Wildman–Crippen MR) is 97.4 cm³/mol. The van der Waals surface area contributed by atoms with Gasteiger partial charge < -0.3 is 16.4 Å². The molecule has 136 valence electrons. The third-order valence-corrected chi connectivity index (χ3v) is 4.49. The first-order valence-corrected chi connectivity index (χ1v) is 8.34. The molecule has 0 spiro atoms. The molecule has 5 N–H and O–H groups in total. The fourth-order valence-electron chi connectivity index (χ4n) is 3.13. The van der Waals surface area contributed by atoms with Crippen LogP contribution in [0.15, 0.2) is 53.8 Å². The molecule has 7 heteroatoms. The van der Waals surface area contributed by atoms with Gasteiger partial charge in [0.05, 0.1) is 11.3 Å². The number of amides is 1. The van der Waals surface area contributed by atoms with Gasteiger partial charge in [-0.2, -0.15) is 0 Å². The maximum atomic E-state index is 14.4. The van der Waals surface area contributed by atoms with Crippen molar-refractivity contribution in [3.05, 3.63) is 65.2 Å². The second kappa shape index (κ2) is 7.61. The number of benzene rings is 1. The number of nitrogens with two attached hydrogens (primary N) is 1. The largest absolute Gasteiger partial charge is 0.366 e. The molecule has 1 amide bonds.